The van der Waals surface area contributed by atoms with Gasteiger partial charge in [-0.05, 0) is 55.3 Å². The zero-order valence-corrected chi connectivity index (χ0v) is 18.5. The summed E-state index contributed by atoms with van der Waals surface area (Å²) in [6, 6.07) is 10.1. The second-order valence-corrected chi connectivity index (χ2v) is 8.52. The highest BCUT2D eigenvalue weighted by Crippen LogP contribution is 2.35. The number of nitrogens with zero attached hydrogens (tertiary/aromatic N) is 5. The van der Waals surface area contributed by atoms with Gasteiger partial charge in [-0.2, -0.15) is 18.3 Å². The van der Waals surface area contributed by atoms with E-state index in [0.29, 0.717) is 23.3 Å². The minimum atomic E-state index is -4.62. The fourth-order valence-electron chi connectivity index (χ4n) is 4.57. The topological polar surface area (TPSA) is 63.4 Å². The summed E-state index contributed by atoms with van der Waals surface area (Å²) in [5.41, 5.74) is 0.529. The van der Waals surface area contributed by atoms with E-state index in [1.165, 1.54) is 33.7 Å². The van der Waals surface area contributed by atoms with Crippen molar-refractivity contribution in [2.75, 3.05) is 4.90 Å². The number of hydrogen-bond acceptors (Lipinski definition) is 4. The molecular formula is C25H21F4N5O. The van der Waals surface area contributed by atoms with Crippen LogP contribution in [0.4, 0.5) is 23.2 Å². The number of amides is 1. The van der Waals surface area contributed by atoms with Gasteiger partial charge in [-0.1, -0.05) is 19.3 Å². The summed E-state index contributed by atoms with van der Waals surface area (Å²) >= 11 is 0. The monoisotopic (exact) mass is 483 g/mol. The molecule has 10 heteroatoms. The molecule has 0 unspecified atom stereocenters. The average molecular weight is 483 g/mol. The molecule has 5 rings (SSSR count). The Bertz CT molecular complexity index is 1380. The maximum Gasteiger partial charge on any atom is 0.434 e. The van der Waals surface area contributed by atoms with E-state index in [0.717, 1.165) is 38.3 Å². The van der Waals surface area contributed by atoms with Crippen LogP contribution in [0.25, 0.3) is 28.2 Å². The van der Waals surface area contributed by atoms with Gasteiger partial charge in [-0.25, -0.2) is 13.9 Å². The molecule has 0 saturated heterocycles. The van der Waals surface area contributed by atoms with E-state index in [-0.39, 0.29) is 23.0 Å². The molecule has 1 aliphatic rings. The van der Waals surface area contributed by atoms with Crippen molar-refractivity contribution in [1.29, 1.82) is 0 Å². The van der Waals surface area contributed by atoms with Crippen molar-refractivity contribution in [1.82, 2.24) is 19.6 Å². The summed E-state index contributed by atoms with van der Waals surface area (Å²) in [7, 11) is 0. The molecule has 3 heterocycles. The lowest BCUT2D eigenvalue weighted by atomic mass is 9.94. The number of aromatic nitrogens is 4. The van der Waals surface area contributed by atoms with Crippen molar-refractivity contribution in [3.8, 4) is 22.5 Å². The quantitative estimate of drug-likeness (QED) is 0.262. The van der Waals surface area contributed by atoms with Crippen LogP contribution in [-0.4, -0.2) is 32.0 Å². The van der Waals surface area contributed by atoms with E-state index in [4.69, 9.17) is 0 Å². The van der Waals surface area contributed by atoms with Gasteiger partial charge < -0.3 is 4.90 Å². The normalized spacial score (nSPS) is 14.9. The van der Waals surface area contributed by atoms with Crippen LogP contribution >= 0.6 is 0 Å². The molecule has 0 radical (unpaired) electrons. The fourth-order valence-corrected chi connectivity index (χ4v) is 4.57. The molecule has 0 N–H and O–H groups in total. The Morgan fingerprint density at radius 1 is 1.03 bits per heavy atom. The number of rotatable bonds is 5. The molecule has 1 fully saturated rings. The Balaban J connectivity index is 1.52. The summed E-state index contributed by atoms with van der Waals surface area (Å²) in [5, 5.41) is 4.30. The Labute approximate surface area is 198 Å². The predicted molar refractivity (Wildman–Crippen MR) is 122 cm³/mol. The summed E-state index contributed by atoms with van der Waals surface area (Å²) in [6.07, 6.45) is 3.41. The lowest BCUT2D eigenvalue weighted by Gasteiger charge is -2.31. The minimum absolute atomic E-state index is 0.0568. The van der Waals surface area contributed by atoms with Crippen LogP contribution in [0.15, 0.2) is 54.9 Å². The van der Waals surface area contributed by atoms with Crippen LogP contribution in [0.1, 0.15) is 37.8 Å². The number of carbonyl (C=O) groups excluding carboxylic acids is 1. The standard InChI is InChI=1S/C25H21F4N5O/c26-19-9-8-16(13-22(19)33(15-35)17-5-2-1-3-6-17)21-14-34-23(31-21)11-10-20(32-34)18-7-4-12-30-24(18)25(27,28)29/h4,7-15,17H,1-3,5-6H2. The van der Waals surface area contributed by atoms with Crippen molar-refractivity contribution >= 4 is 17.7 Å². The van der Waals surface area contributed by atoms with Crippen LogP contribution in [0.3, 0.4) is 0 Å². The van der Waals surface area contributed by atoms with Gasteiger partial charge in [-0.15, -0.1) is 0 Å². The third kappa shape index (κ3) is 4.48. The van der Waals surface area contributed by atoms with E-state index in [9.17, 15) is 22.4 Å². The minimum Gasteiger partial charge on any atom is -0.309 e. The molecule has 0 spiro atoms. The molecule has 35 heavy (non-hydrogen) atoms. The Morgan fingerprint density at radius 2 is 1.83 bits per heavy atom. The fraction of sp³-hybridized carbons (Fsp3) is 0.280. The summed E-state index contributed by atoms with van der Waals surface area (Å²) in [6.45, 7) is 0. The van der Waals surface area contributed by atoms with Gasteiger partial charge in [0.15, 0.2) is 11.3 Å². The lowest BCUT2D eigenvalue weighted by molar-refractivity contribution is -0.140. The lowest BCUT2D eigenvalue weighted by Crippen LogP contribution is -2.36. The number of carbonyl (C=O) groups is 1. The molecule has 1 amide bonds. The van der Waals surface area contributed by atoms with Crippen LogP contribution in [0.5, 0.6) is 0 Å². The van der Waals surface area contributed by atoms with Gasteiger partial charge >= 0.3 is 6.18 Å². The third-order valence-electron chi connectivity index (χ3n) is 6.27. The molecule has 0 atom stereocenters. The first kappa shape index (κ1) is 22.9. The number of pyridine rings is 1. The van der Waals surface area contributed by atoms with Gasteiger partial charge in [0.2, 0.25) is 6.41 Å². The molecule has 1 aromatic carbocycles. The number of anilines is 1. The second kappa shape index (κ2) is 9.09. The number of alkyl halides is 3. The molecular weight excluding hydrogens is 462 g/mol. The highest BCUT2D eigenvalue weighted by molar-refractivity contribution is 5.79. The first-order valence-electron chi connectivity index (χ1n) is 11.3. The zero-order valence-electron chi connectivity index (χ0n) is 18.5. The number of fused-ring (bicyclic) bond motifs is 1. The van der Waals surface area contributed by atoms with Gasteiger partial charge in [0.05, 0.1) is 23.3 Å². The molecule has 3 aromatic heterocycles. The molecule has 6 nitrogen and oxygen atoms in total. The Kier molecular flexibility index (Phi) is 5.96. The maximum atomic E-state index is 14.7. The average Bonchev–Trinajstić information content (AvgIpc) is 3.29. The first-order valence-corrected chi connectivity index (χ1v) is 11.3. The van der Waals surface area contributed by atoms with Crippen molar-refractivity contribution in [3.63, 3.8) is 0 Å². The maximum absolute atomic E-state index is 14.7. The third-order valence-corrected chi connectivity index (χ3v) is 6.27. The molecule has 1 aliphatic carbocycles. The summed E-state index contributed by atoms with van der Waals surface area (Å²) in [4.78, 5) is 21.3. The zero-order chi connectivity index (χ0) is 24.6. The molecule has 1 saturated carbocycles. The van der Waals surface area contributed by atoms with Crippen molar-refractivity contribution < 1.29 is 22.4 Å². The largest absolute Gasteiger partial charge is 0.434 e. The van der Waals surface area contributed by atoms with Gasteiger partial charge in [-0.3, -0.25) is 9.78 Å². The first-order chi connectivity index (χ1) is 16.8. The predicted octanol–water partition coefficient (Wildman–Crippen LogP) is 5.91. The SMILES string of the molecule is O=CN(c1cc(-c2cn3nc(-c4cccnc4C(F)(F)F)ccc3n2)ccc1F)C1CCCCC1. The molecule has 0 aliphatic heterocycles. The summed E-state index contributed by atoms with van der Waals surface area (Å²) in [5.74, 6) is -0.508. The number of imidazole rings is 1. The number of benzene rings is 1. The molecule has 4 aromatic rings. The van der Waals surface area contributed by atoms with Crippen molar-refractivity contribution in [2.24, 2.45) is 0 Å². The highest BCUT2D eigenvalue weighted by atomic mass is 19.4. The molecule has 180 valence electrons. The van der Waals surface area contributed by atoms with E-state index in [1.54, 1.807) is 24.4 Å². The van der Waals surface area contributed by atoms with Crippen molar-refractivity contribution in [2.45, 2.75) is 44.3 Å². The smallest absolute Gasteiger partial charge is 0.309 e. The Hall–Kier alpha value is -3.82. The van der Waals surface area contributed by atoms with Gasteiger partial charge in [0.25, 0.3) is 0 Å². The van der Waals surface area contributed by atoms with Crippen LogP contribution in [0, 0.1) is 5.82 Å². The van der Waals surface area contributed by atoms with Crippen LogP contribution in [-0.2, 0) is 11.0 Å². The van der Waals surface area contributed by atoms with Gasteiger partial charge in [0.1, 0.15) is 5.82 Å². The van der Waals surface area contributed by atoms with E-state index >= 15 is 0 Å². The summed E-state index contributed by atoms with van der Waals surface area (Å²) < 4.78 is 56.3. The van der Waals surface area contributed by atoms with Gasteiger partial charge in [0, 0.05) is 23.4 Å². The van der Waals surface area contributed by atoms with Crippen LogP contribution < -0.4 is 4.90 Å². The van der Waals surface area contributed by atoms with Crippen LogP contribution in [0.2, 0.25) is 0 Å². The number of halogens is 4. The molecule has 0 bridgehead atoms. The highest BCUT2D eigenvalue weighted by Gasteiger charge is 2.36. The number of hydrogen-bond donors (Lipinski definition) is 0. The second-order valence-electron chi connectivity index (χ2n) is 8.52. The van der Waals surface area contributed by atoms with E-state index in [2.05, 4.69) is 15.1 Å². The van der Waals surface area contributed by atoms with E-state index in [1.807, 2.05) is 0 Å². The van der Waals surface area contributed by atoms with Crippen molar-refractivity contribution in [3.05, 3.63) is 66.4 Å². The Morgan fingerprint density at radius 3 is 2.57 bits per heavy atom. The van der Waals surface area contributed by atoms with E-state index < -0.39 is 17.7 Å².